The highest BCUT2D eigenvalue weighted by molar-refractivity contribution is 4.99. The Bertz CT molecular complexity index is 151. The summed E-state index contributed by atoms with van der Waals surface area (Å²) in [5.41, 5.74) is 1.23. The molecular weight excluding hydrogens is 136 g/mol. The monoisotopic (exact) mass is 154 g/mol. The average Bonchev–Trinajstić information content (AvgIpc) is 1.94. The second-order valence-corrected chi connectivity index (χ2v) is 3.90. The molecule has 0 radical (unpaired) electrons. The van der Waals surface area contributed by atoms with E-state index in [1.54, 1.807) is 0 Å². The van der Waals surface area contributed by atoms with Crippen LogP contribution in [0.2, 0.25) is 0 Å². The maximum Gasteiger partial charge on any atom is 0.0571 e. The van der Waals surface area contributed by atoms with Crippen LogP contribution < -0.4 is 0 Å². The first kappa shape index (κ1) is 8.79. The standard InChI is InChI=1S/C10H18O/c1-7(2)9-5-4-8(3)10(11)6-9/h8-11H,1,4-6H2,2-3H3/t8-,9?,10?/m0/s1. The molecule has 0 saturated heterocycles. The van der Waals surface area contributed by atoms with Gasteiger partial charge in [0.1, 0.15) is 0 Å². The minimum atomic E-state index is -0.0922. The Morgan fingerprint density at radius 1 is 1.45 bits per heavy atom. The summed E-state index contributed by atoms with van der Waals surface area (Å²) in [6, 6.07) is 0. The summed E-state index contributed by atoms with van der Waals surface area (Å²) in [7, 11) is 0. The molecule has 3 atom stereocenters. The summed E-state index contributed by atoms with van der Waals surface area (Å²) >= 11 is 0. The minimum absolute atomic E-state index is 0.0922. The number of hydrogen-bond acceptors (Lipinski definition) is 1. The molecule has 0 aromatic heterocycles. The molecule has 2 unspecified atom stereocenters. The van der Waals surface area contributed by atoms with Gasteiger partial charge in [0.05, 0.1) is 6.10 Å². The van der Waals surface area contributed by atoms with Gasteiger partial charge >= 0.3 is 0 Å². The van der Waals surface area contributed by atoms with Gasteiger partial charge in [-0.05, 0) is 38.0 Å². The number of allylic oxidation sites excluding steroid dienone is 1. The van der Waals surface area contributed by atoms with Crippen LogP contribution in [-0.2, 0) is 0 Å². The van der Waals surface area contributed by atoms with Crippen molar-refractivity contribution in [2.45, 2.75) is 39.2 Å². The van der Waals surface area contributed by atoms with E-state index in [0.29, 0.717) is 11.8 Å². The van der Waals surface area contributed by atoms with Crippen LogP contribution in [0.1, 0.15) is 33.1 Å². The molecule has 0 bridgehead atoms. The summed E-state index contributed by atoms with van der Waals surface area (Å²) in [6.07, 6.45) is 3.20. The molecule has 1 heteroatoms. The normalized spacial score (nSPS) is 38.6. The van der Waals surface area contributed by atoms with Crippen LogP contribution in [0.5, 0.6) is 0 Å². The average molecular weight is 154 g/mol. The number of aliphatic hydroxyl groups excluding tert-OH is 1. The number of rotatable bonds is 1. The van der Waals surface area contributed by atoms with Gasteiger partial charge in [-0.2, -0.15) is 0 Å². The Morgan fingerprint density at radius 3 is 2.55 bits per heavy atom. The fourth-order valence-electron chi connectivity index (χ4n) is 1.75. The molecule has 1 aliphatic carbocycles. The highest BCUT2D eigenvalue weighted by Gasteiger charge is 2.25. The van der Waals surface area contributed by atoms with Crippen LogP contribution >= 0.6 is 0 Å². The van der Waals surface area contributed by atoms with Crippen LogP contribution in [0.15, 0.2) is 12.2 Å². The zero-order chi connectivity index (χ0) is 8.43. The zero-order valence-corrected chi connectivity index (χ0v) is 7.51. The van der Waals surface area contributed by atoms with Gasteiger partial charge in [0.2, 0.25) is 0 Å². The first-order valence-corrected chi connectivity index (χ1v) is 4.44. The highest BCUT2D eigenvalue weighted by atomic mass is 16.3. The van der Waals surface area contributed by atoms with Crippen molar-refractivity contribution in [2.75, 3.05) is 0 Å². The van der Waals surface area contributed by atoms with Gasteiger partial charge in [-0.15, -0.1) is 0 Å². The van der Waals surface area contributed by atoms with E-state index in [1.165, 1.54) is 12.0 Å². The Morgan fingerprint density at radius 2 is 2.09 bits per heavy atom. The topological polar surface area (TPSA) is 20.2 Å². The van der Waals surface area contributed by atoms with Gasteiger partial charge in [0.25, 0.3) is 0 Å². The van der Waals surface area contributed by atoms with Gasteiger partial charge in [-0.25, -0.2) is 0 Å². The van der Waals surface area contributed by atoms with E-state index in [0.717, 1.165) is 12.8 Å². The van der Waals surface area contributed by atoms with E-state index < -0.39 is 0 Å². The summed E-state index contributed by atoms with van der Waals surface area (Å²) in [4.78, 5) is 0. The fraction of sp³-hybridized carbons (Fsp3) is 0.800. The van der Waals surface area contributed by atoms with Crippen molar-refractivity contribution in [3.8, 4) is 0 Å². The zero-order valence-electron chi connectivity index (χ0n) is 7.51. The van der Waals surface area contributed by atoms with E-state index in [2.05, 4.69) is 20.4 Å². The first-order chi connectivity index (χ1) is 5.11. The SMILES string of the molecule is C=C(C)C1CC[C@H](C)C(O)C1. The maximum atomic E-state index is 9.56. The molecule has 64 valence electrons. The van der Waals surface area contributed by atoms with E-state index in [-0.39, 0.29) is 6.10 Å². The molecule has 0 amide bonds. The van der Waals surface area contributed by atoms with Crippen LogP contribution in [0, 0.1) is 11.8 Å². The first-order valence-electron chi connectivity index (χ1n) is 4.44. The van der Waals surface area contributed by atoms with E-state index in [1.807, 2.05) is 0 Å². The summed E-state index contributed by atoms with van der Waals surface area (Å²) in [5, 5.41) is 9.56. The third-order valence-corrected chi connectivity index (χ3v) is 2.85. The molecule has 0 aliphatic heterocycles. The van der Waals surface area contributed by atoms with Crippen molar-refractivity contribution in [2.24, 2.45) is 11.8 Å². The lowest BCUT2D eigenvalue weighted by Crippen LogP contribution is -2.27. The molecule has 0 heterocycles. The largest absolute Gasteiger partial charge is 0.393 e. The van der Waals surface area contributed by atoms with Crippen molar-refractivity contribution in [3.05, 3.63) is 12.2 Å². The Hall–Kier alpha value is -0.300. The Kier molecular flexibility index (Phi) is 2.72. The molecule has 11 heavy (non-hydrogen) atoms. The van der Waals surface area contributed by atoms with Gasteiger partial charge in [-0.3, -0.25) is 0 Å². The number of aliphatic hydroxyl groups is 1. The molecule has 1 aliphatic rings. The second-order valence-electron chi connectivity index (χ2n) is 3.90. The van der Waals surface area contributed by atoms with Gasteiger partial charge < -0.3 is 5.11 Å². The highest BCUT2D eigenvalue weighted by Crippen LogP contribution is 2.32. The fourth-order valence-corrected chi connectivity index (χ4v) is 1.75. The smallest absolute Gasteiger partial charge is 0.0571 e. The summed E-state index contributed by atoms with van der Waals surface area (Å²) in [5.74, 6) is 1.06. The lowest BCUT2D eigenvalue weighted by molar-refractivity contribution is 0.0614. The molecule has 1 saturated carbocycles. The minimum Gasteiger partial charge on any atom is -0.393 e. The molecule has 0 spiro atoms. The molecule has 0 aromatic carbocycles. The predicted octanol–water partition coefficient (Wildman–Crippen LogP) is 2.36. The lowest BCUT2D eigenvalue weighted by Gasteiger charge is -2.31. The van der Waals surface area contributed by atoms with Crippen molar-refractivity contribution in [3.63, 3.8) is 0 Å². The lowest BCUT2D eigenvalue weighted by atomic mass is 9.78. The van der Waals surface area contributed by atoms with E-state index in [4.69, 9.17) is 0 Å². The molecule has 1 nitrogen and oxygen atoms in total. The van der Waals surface area contributed by atoms with Crippen LogP contribution in [0.25, 0.3) is 0 Å². The van der Waals surface area contributed by atoms with Crippen molar-refractivity contribution >= 4 is 0 Å². The Balaban J connectivity index is 2.46. The molecule has 0 aromatic rings. The Labute approximate surface area is 69.1 Å². The quantitative estimate of drug-likeness (QED) is 0.575. The third-order valence-electron chi connectivity index (χ3n) is 2.85. The van der Waals surface area contributed by atoms with Crippen LogP contribution in [0.3, 0.4) is 0 Å². The van der Waals surface area contributed by atoms with Crippen molar-refractivity contribution < 1.29 is 5.11 Å². The van der Waals surface area contributed by atoms with Crippen molar-refractivity contribution in [1.29, 1.82) is 0 Å². The van der Waals surface area contributed by atoms with E-state index >= 15 is 0 Å². The number of hydrogen-bond donors (Lipinski definition) is 1. The van der Waals surface area contributed by atoms with Crippen molar-refractivity contribution in [1.82, 2.24) is 0 Å². The van der Waals surface area contributed by atoms with Crippen LogP contribution in [0.4, 0.5) is 0 Å². The van der Waals surface area contributed by atoms with Crippen LogP contribution in [-0.4, -0.2) is 11.2 Å². The van der Waals surface area contributed by atoms with Gasteiger partial charge in [-0.1, -0.05) is 19.1 Å². The molecule has 1 fully saturated rings. The predicted molar refractivity (Wildman–Crippen MR) is 47.3 cm³/mol. The van der Waals surface area contributed by atoms with E-state index in [9.17, 15) is 5.11 Å². The molecule has 1 N–H and O–H groups in total. The molecular formula is C10H18O. The van der Waals surface area contributed by atoms with Gasteiger partial charge in [0.15, 0.2) is 0 Å². The second kappa shape index (κ2) is 3.40. The van der Waals surface area contributed by atoms with Gasteiger partial charge in [0, 0.05) is 0 Å². The molecule has 1 rings (SSSR count). The summed E-state index contributed by atoms with van der Waals surface area (Å²) in [6.45, 7) is 8.11. The third kappa shape index (κ3) is 2.06. The summed E-state index contributed by atoms with van der Waals surface area (Å²) < 4.78 is 0. The maximum absolute atomic E-state index is 9.56.